The second kappa shape index (κ2) is 7.95. The molecule has 0 spiro atoms. The Morgan fingerprint density at radius 3 is 2.65 bits per heavy atom. The molecule has 0 radical (unpaired) electrons. The Labute approximate surface area is 152 Å². The average Bonchev–Trinajstić information content (AvgIpc) is 3.10. The first kappa shape index (κ1) is 17.9. The zero-order valence-corrected chi connectivity index (χ0v) is 15.2. The highest BCUT2D eigenvalue weighted by atomic mass is 16.5. The van der Waals surface area contributed by atoms with Gasteiger partial charge >= 0.3 is 0 Å². The van der Waals surface area contributed by atoms with E-state index in [0.29, 0.717) is 12.8 Å². The van der Waals surface area contributed by atoms with Crippen LogP contribution in [-0.2, 0) is 11.2 Å². The minimum atomic E-state index is -0.192. The van der Waals surface area contributed by atoms with E-state index in [0.717, 1.165) is 33.8 Å². The highest BCUT2D eigenvalue weighted by molar-refractivity contribution is 5.79. The van der Waals surface area contributed by atoms with Crippen molar-refractivity contribution in [1.29, 1.82) is 0 Å². The molecule has 1 atom stereocenters. The second-order valence-corrected chi connectivity index (χ2v) is 6.15. The van der Waals surface area contributed by atoms with Crippen molar-refractivity contribution in [2.75, 3.05) is 14.2 Å². The summed E-state index contributed by atoms with van der Waals surface area (Å²) in [6, 6.07) is 15.2. The summed E-state index contributed by atoms with van der Waals surface area (Å²) in [5.74, 6) is 2.21. The molecule has 0 aliphatic heterocycles. The summed E-state index contributed by atoms with van der Waals surface area (Å²) >= 11 is 0. The molecule has 0 saturated heterocycles. The van der Waals surface area contributed by atoms with Gasteiger partial charge in [0.2, 0.25) is 5.91 Å². The van der Waals surface area contributed by atoms with Crippen molar-refractivity contribution in [3.8, 4) is 11.5 Å². The predicted octanol–water partition coefficient (Wildman–Crippen LogP) is 4.26. The Bertz CT molecular complexity index is 867. The van der Waals surface area contributed by atoms with E-state index < -0.39 is 0 Å². The largest absolute Gasteiger partial charge is 0.497 e. The van der Waals surface area contributed by atoms with Crippen molar-refractivity contribution < 1.29 is 18.7 Å². The molecule has 3 aromatic rings. The number of furan rings is 1. The van der Waals surface area contributed by atoms with Crippen molar-refractivity contribution in [3.63, 3.8) is 0 Å². The van der Waals surface area contributed by atoms with Crippen LogP contribution in [0.25, 0.3) is 11.0 Å². The molecule has 0 fully saturated rings. The quantitative estimate of drug-likeness (QED) is 0.689. The third kappa shape index (κ3) is 3.99. The van der Waals surface area contributed by atoms with Gasteiger partial charge in [0.15, 0.2) is 0 Å². The maximum absolute atomic E-state index is 12.3. The molecule has 136 valence electrons. The Kier molecular flexibility index (Phi) is 5.46. The van der Waals surface area contributed by atoms with Gasteiger partial charge in [0.1, 0.15) is 22.8 Å². The molecule has 1 N–H and O–H groups in total. The number of methoxy groups -OCH3 is 2. The number of carbonyl (C=O) groups excluding carboxylic acids is 1. The monoisotopic (exact) mass is 353 g/mol. The zero-order valence-electron chi connectivity index (χ0n) is 15.2. The van der Waals surface area contributed by atoms with E-state index in [4.69, 9.17) is 13.9 Å². The predicted molar refractivity (Wildman–Crippen MR) is 101 cm³/mol. The highest BCUT2D eigenvalue weighted by Crippen LogP contribution is 2.26. The molecule has 5 heteroatoms. The molecule has 0 bridgehead atoms. The van der Waals surface area contributed by atoms with Gasteiger partial charge in [-0.25, -0.2) is 0 Å². The zero-order chi connectivity index (χ0) is 18.5. The second-order valence-electron chi connectivity index (χ2n) is 6.15. The van der Waals surface area contributed by atoms with E-state index in [1.807, 2.05) is 55.5 Å². The third-order valence-electron chi connectivity index (χ3n) is 4.36. The Balaban J connectivity index is 1.62. The van der Waals surface area contributed by atoms with Gasteiger partial charge in [0.05, 0.1) is 20.3 Å². The Hall–Kier alpha value is -2.95. The fourth-order valence-electron chi connectivity index (χ4n) is 2.93. The third-order valence-corrected chi connectivity index (χ3v) is 4.36. The molecule has 0 aliphatic rings. The summed E-state index contributed by atoms with van der Waals surface area (Å²) < 4.78 is 16.4. The van der Waals surface area contributed by atoms with Gasteiger partial charge in [-0.3, -0.25) is 4.79 Å². The summed E-state index contributed by atoms with van der Waals surface area (Å²) in [4.78, 5) is 12.3. The minimum Gasteiger partial charge on any atom is -0.497 e. The summed E-state index contributed by atoms with van der Waals surface area (Å²) in [5, 5.41) is 4.02. The van der Waals surface area contributed by atoms with Crippen molar-refractivity contribution in [2.45, 2.75) is 25.8 Å². The van der Waals surface area contributed by atoms with Crippen LogP contribution in [0.2, 0.25) is 0 Å². The maximum atomic E-state index is 12.3. The number of para-hydroxylation sites is 1. The van der Waals surface area contributed by atoms with Crippen LogP contribution in [0, 0.1) is 0 Å². The number of amides is 1. The number of hydrogen-bond acceptors (Lipinski definition) is 4. The summed E-state index contributed by atoms with van der Waals surface area (Å²) in [6.45, 7) is 1.92. The number of rotatable bonds is 7. The van der Waals surface area contributed by atoms with Gasteiger partial charge in [-0.1, -0.05) is 18.2 Å². The van der Waals surface area contributed by atoms with Crippen LogP contribution < -0.4 is 14.8 Å². The highest BCUT2D eigenvalue weighted by Gasteiger charge is 2.15. The van der Waals surface area contributed by atoms with E-state index in [2.05, 4.69) is 5.32 Å². The average molecular weight is 353 g/mol. The van der Waals surface area contributed by atoms with Gasteiger partial charge < -0.3 is 19.2 Å². The van der Waals surface area contributed by atoms with E-state index in [9.17, 15) is 4.79 Å². The van der Waals surface area contributed by atoms with Crippen molar-refractivity contribution in [2.24, 2.45) is 0 Å². The summed E-state index contributed by atoms with van der Waals surface area (Å²) in [6.07, 6.45) is 0.924. The van der Waals surface area contributed by atoms with E-state index >= 15 is 0 Å². The number of nitrogens with one attached hydrogen (secondary N) is 1. The van der Waals surface area contributed by atoms with Crippen LogP contribution >= 0.6 is 0 Å². The Morgan fingerprint density at radius 2 is 1.92 bits per heavy atom. The first-order valence-electron chi connectivity index (χ1n) is 8.59. The van der Waals surface area contributed by atoms with E-state index in [-0.39, 0.29) is 11.9 Å². The first-order valence-corrected chi connectivity index (χ1v) is 8.59. The fraction of sp³-hybridized carbons (Fsp3) is 0.286. The van der Waals surface area contributed by atoms with Crippen molar-refractivity contribution in [3.05, 3.63) is 59.9 Å². The molecule has 1 amide bonds. The van der Waals surface area contributed by atoms with Crippen LogP contribution in [0.3, 0.4) is 0 Å². The number of hydrogen-bond donors (Lipinski definition) is 1. The molecular weight excluding hydrogens is 330 g/mol. The SMILES string of the molecule is COc1ccc(OC)c(CCC(=O)NC(C)c2cc3ccccc3o2)c1. The van der Waals surface area contributed by atoms with Gasteiger partial charge in [-0.15, -0.1) is 0 Å². The first-order chi connectivity index (χ1) is 12.6. The molecule has 1 heterocycles. The number of aryl methyl sites for hydroxylation is 1. The van der Waals surface area contributed by atoms with Crippen molar-refractivity contribution in [1.82, 2.24) is 5.32 Å². The molecule has 0 saturated carbocycles. The number of fused-ring (bicyclic) bond motifs is 1. The molecule has 3 rings (SSSR count). The standard InChI is InChI=1S/C21H23NO4/c1-14(20-13-15-6-4-5-7-19(15)26-20)22-21(23)11-8-16-12-17(24-2)9-10-18(16)25-3/h4-7,9-10,12-14H,8,11H2,1-3H3,(H,22,23). The van der Waals surface area contributed by atoms with Gasteiger partial charge in [0.25, 0.3) is 0 Å². The van der Waals surface area contributed by atoms with Crippen LogP contribution in [-0.4, -0.2) is 20.1 Å². The topological polar surface area (TPSA) is 60.7 Å². The molecule has 1 unspecified atom stereocenters. The summed E-state index contributed by atoms with van der Waals surface area (Å²) in [7, 11) is 3.24. The minimum absolute atomic E-state index is 0.0390. The maximum Gasteiger partial charge on any atom is 0.220 e. The van der Waals surface area contributed by atoms with Crippen LogP contribution in [0.5, 0.6) is 11.5 Å². The van der Waals surface area contributed by atoms with Gasteiger partial charge in [-0.2, -0.15) is 0 Å². The van der Waals surface area contributed by atoms with Crippen LogP contribution in [0.4, 0.5) is 0 Å². The molecule has 5 nitrogen and oxygen atoms in total. The van der Waals surface area contributed by atoms with Gasteiger partial charge in [0, 0.05) is 11.8 Å². The van der Waals surface area contributed by atoms with Crippen molar-refractivity contribution >= 4 is 16.9 Å². The Morgan fingerprint density at radius 1 is 1.12 bits per heavy atom. The van der Waals surface area contributed by atoms with Crippen LogP contribution in [0.1, 0.15) is 30.7 Å². The molecule has 0 aliphatic carbocycles. The normalized spacial score (nSPS) is 12.0. The lowest BCUT2D eigenvalue weighted by atomic mass is 10.1. The van der Waals surface area contributed by atoms with E-state index in [1.165, 1.54) is 0 Å². The molecule has 2 aromatic carbocycles. The number of carbonyl (C=O) groups is 1. The molecular formula is C21H23NO4. The lowest BCUT2D eigenvalue weighted by molar-refractivity contribution is -0.121. The summed E-state index contributed by atoms with van der Waals surface area (Å²) in [5.41, 5.74) is 1.77. The number of benzene rings is 2. The van der Waals surface area contributed by atoms with E-state index in [1.54, 1.807) is 14.2 Å². The smallest absolute Gasteiger partial charge is 0.220 e. The molecule has 26 heavy (non-hydrogen) atoms. The fourth-order valence-corrected chi connectivity index (χ4v) is 2.93. The lowest BCUT2D eigenvalue weighted by Gasteiger charge is -2.13. The van der Waals surface area contributed by atoms with Crippen LogP contribution in [0.15, 0.2) is 52.9 Å². The molecule has 1 aromatic heterocycles. The van der Waals surface area contributed by atoms with Gasteiger partial charge in [-0.05, 0) is 49.2 Å². The lowest BCUT2D eigenvalue weighted by Crippen LogP contribution is -2.26. The number of ether oxygens (including phenoxy) is 2.